The Labute approximate surface area is 173 Å². The Morgan fingerprint density at radius 3 is 2.53 bits per heavy atom. The number of nitrogens with one attached hydrogen (secondary N) is 1. The van der Waals surface area contributed by atoms with E-state index in [2.05, 4.69) is 4.98 Å². The lowest BCUT2D eigenvalue weighted by Crippen LogP contribution is -2.14. The van der Waals surface area contributed by atoms with E-state index in [-0.39, 0.29) is 17.2 Å². The van der Waals surface area contributed by atoms with Crippen molar-refractivity contribution in [3.63, 3.8) is 0 Å². The first kappa shape index (κ1) is 19.2. The van der Waals surface area contributed by atoms with Gasteiger partial charge >= 0.3 is 5.69 Å². The summed E-state index contributed by atoms with van der Waals surface area (Å²) in [6.45, 7) is 2.01. The van der Waals surface area contributed by atoms with Gasteiger partial charge in [-0.1, -0.05) is 60.2 Å². The molecular formula is C25H20N2O3. The second-order valence-corrected chi connectivity index (χ2v) is 7.05. The van der Waals surface area contributed by atoms with Crippen LogP contribution in [0.4, 0.5) is 0 Å². The highest BCUT2D eigenvalue weighted by Gasteiger charge is 2.09. The monoisotopic (exact) mass is 396 g/mol. The van der Waals surface area contributed by atoms with Crippen molar-refractivity contribution in [2.24, 2.45) is 0 Å². The van der Waals surface area contributed by atoms with Crippen LogP contribution in [0.2, 0.25) is 0 Å². The maximum atomic E-state index is 12.6. The largest absolute Gasteiger partial charge is 0.508 e. The number of aryl methyl sites for hydroxylation is 1. The van der Waals surface area contributed by atoms with Crippen molar-refractivity contribution in [2.45, 2.75) is 6.92 Å². The fourth-order valence-corrected chi connectivity index (χ4v) is 3.17. The van der Waals surface area contributed by atoms with Crippen LogP contribution in [0.1, 0.15) is 21.5 Å². The Balaban J connectivity index is 1.61. The molecule has 1 heterocycles. The van der Waals surface area contributed by atoms with Crippen molar-refractivity contribution >= 4 is 11.9 Å². The Bertz CT molecular complexity index is 1290. The zero-order chi connectivity index (χ0) is 21.1. The molecule has 0 radical (unpaired) electrons. The number of phenolic OH excluding ortho intramolecular Hbond substituents is 1. The highest BCUT2D eigenvalue weighted by molar-refractivity contribution is 6.07. The number of aromatic nitrogens is 2. The number of hydrogen-bond donors (Lipinski definition) is 2. The summed E-state index contributed by atoms with van der Waals surface area (Å²) in [4.78, 5) is 27.9. The van der Waals surface area contributed by atoms with Crippen molar-refractivity contribution < 1.29 is 9.90 Å². The van der Waals surface area contributed by atoms with Gasteiger partial charge in [0.25, 0.3) is 0 Å². The zero-order valence-corrected chi connectivity index (χ0v) is 16.4. The second kappa shape index (κ2) is 8.09. The van der Waals surface area contributed by atoms with E-state index < -0.39 is 0 Å². The van der Waals surface area contributed by atoms with E-state index in [1.54, 1.807) is 60.8 Å². The molecule has 0 aliphatic rings. The van der Waals surface area contributed by atoms with Crippen molar-refractivity contribution in [3.05, 3.63) is 112 Å². The number of H-pyrrole nitrogens is 1. The number of aromatic hydroxyl groups is 1. The molecule has 0 unspecified atom stereocenters. The highest BCUT2D eigenvalue weighted by atomic mass is 16.3. The van der Waals surface area contributed by atoms with E-state index in [1.807, 2.05) is 31.2 Å². The molecule has 5 heteroatoms. The molecule has 0 saturated carbocycles. The van der Waals surface area contributed by atoms with Crippen LogP contribution in [0.25, 0.3) is 23.0 Å². The summed E-state index contributed by atoms with van der Waals surface area (Å²) in [5.41, 5.74) is 4.29. The number of ketones is 1. The first-order chi connectivity index (χ1) is 14.5. The average molecular weight is 396 g/mol. The minimum absolute atomic E-state index is 0.141. The van der Waals surface area contributed by atoms with Gasteiger partial charge in [0.1, 0.15) is 5.75 Å². The predicted octanol–water partition coefficient (Wildman–Crippen LogP) is 4.74. The third-order valence-corrected chi connectivity index (χ3v) is 4.79. The maximum Gasteiger partial charge on any atom is 0.330 e. The van der Waals surface area contributed by atoms with Gasteiger partial charge in [0.05, 0.1) is 11.4 Å². The van der Waals surface area contributed by atoms with Gasteiger partial charge in [0.15, 0.2) is 5.78 Å². The molecule has 0 aliphatic heterocycles. The summed E-state index contributed by atoms with van der Waals surface area (Å²) in [5, 5.41) is 9.53. The summed E-state index contributed by atoms with van der Waals surface area (Å²) in [6.07, 6.45) is 4.83. The number of allylic oxidation sites excluding steroid dienone is 1. The molecule has 0 atom stereocenters. The molecule has 0 spiro atoms. The molecule has 5 nitrogen and oxygen atoms in total. The van der Waals surface area contributed by atoms with E-state index >= 15 is 0 Å². The molecule has 0 saturated heterocycles. The molecule has 4 rings (SSSR count). The van der Waals surface area contributed by atoms with E-state index in [0.29, 0.717) is 16.9 Å². The summed E-state index contributed by atoms with van der Waals surface area (Å²) in [5.74, 6) is -0.0506. The highest BCUT2D eigenvalue weighted by Crippen LogP contribution is 2.19. The molecule has 1 aromatic heterocycles. The summed E-state index contributed by atoms with van der Waals surface area (Å²) in [6, 6.07) is 21.5. The normalized spacial score (nSPS) is 11.1. The van der Waals surface area contributed by atoms with Crippen molar-refractivity contribution in [1.29, 1.82) is 0 Å². The summed E-state index contributed by atoms with van der Waals surface area (Å²) < 4.78 is 1.49. The number of hydrogen-bond acceptors (Lipinski definition) is 3. The van der Waals surface area contributed by atoms with Crippen LogP contribution in [0.15, 0.2) is 89.9 Å². The maximum absolute atomic E-state index is 12.6. The van der Waals surface area contributed by atoms with Crippen LogP contribution in [-0.2, 0) is 0 Å². The quantitative estimate of drug-likeness (QED) is 0.378. The molecular weight excluding hydrogens is 376 g/mol. The van der Waals surface area contributed by atoms with Crippen LogP contribution < -0.4 is 5.69 Å². The van der Waals surface area contributed by atoms with Crippen LogP contribution in [-0.4, -0.2) is 20.4 Å². The third-order valence-electron chi connectivity index (χ3n) is 4.79. The van der Waals surface area contributed by atoms with E-state index in [4.69, 9.17) is 0 Å². The van der Waals surface area contributed by atoms with Gasteiger partial charge in [-0.3, -0.25) is 9.36 Å². The molecule has 148 valence electrons. The molecule has 4 aromatic rings. The first-order valence-corrected chi connectivity index (χ1v) is 9.50. The number of rotatable bonds is 5. The first-order valence-electron chi connectivity index (χ1n) is 9.50. The fourth-order valence-electron chi connectivity index (χ4n) is 3.17. The number of aromatic amines is 1. The SMILES string of the molecule is Cc1ccc(-c2cn(-c3cccc(C(=O)C=Cc4cccc(O)c4)c3)c(=O)[nH]2)cc1. The number of carbonyl (C=O) groups excluding carboxylic acids is 1. The van der Waals surface area contributed by atoms with Gasteiger partial charge in [-0.15, -0.1) is 0 Å². The van der Waals surface area contributed by atoms with Crippen LogP contribution in [0.3, 0.4) is 0 Å². The van der Waals surface area contributed by atoms with Gasteiger partial charge in [-0.05, 0) is 48.4 Å². The van der Waals surface area contributed by atoms with Crippen LogP contribution in [0, 0.1) is 6.92 Å². The summed E-state index contributed by atoms with van der Waals surface area (Å²) in [7, 11) is 0. The number of benzene rings is 3. The Morgan fingerprint density at radius 1 is 1.00 bits per heavy atom. The Hall–Kier alpha value is -4.12. The minimum Gasteiger partial charge on any atom is -0.508 e. The molecule has 0 bridgehead atoms. The number of carbonyl (C=O) groups is 1. The van der Waals surface area contributed by atoms with Crippen molar-refractivity contribution in [1.82, 2.24) is 9.55 Å². The van der Waals surface area contributed by atoms with Gasteiger partial charge in [0.2, 0.25) is 0 Å². The zero-order valence-electron chi connectivity index (χ0n) is 16.4. The molecule has 0 amide bonds. The van der Waals surface area contributed by atoms with Gasteiger partial charge in [0, 0.05) is 11.8 Å². The topological polar surface area (TPSA) is 75.1 Å². The van der Waals surface area contributed by atoms with E-state index in [0.717, 1.165) is 16.7 Å². The molecule has 0 fully saturated rings. The van der Waals surface area contributed by atoms with Crippen molar-refractivity contribution in [3.8, 4) is 22.7 Å². The van der Waals surface area contributed by atoms with Gasteiger partial charge in [-0.25, -0.2) is 4.79 Å². The second-order valence-electron chi connectivity index (χ2n) is 7.05. The minimum atomic E-state index is -0.273. The lowest BCUT2D eigenvalue weighted by molar-refractivity contribution is 0.104. The number of nitrogens with zero attached hydrogens (tertiary/aromatic N) is 1. The predicted molar refractivity (Wildman–Crippen MR) is 118 cm³/mol. The van der Waals surface area contributed by atoms with Crippen molar-refractivity contribution in [2.75, 3.05) is 0 Å². The average Bonchev–Trinajstić information content (AvgIpc) is 3.14. The third kappa shape index (κ3) is 4.15. The van der Waals surface area contributed by atoms with Crippen LogP contribution >= 0.6 is 0 Å². The number of phenols is 1. The van der Waals surface area contributed by atoms with E-state index in [9.17, 15) is 14.7 Å². The molecule has 3 aromatic carbocycles. The lowest BCUT2D eigenvalue weighted by Gasteiger charge is -2.03. The van der Waals surface area contributed by atoms with Gasteiger partial charge in [-0.2, -0.15) is 0 Å². The lowest BCUT2D eigenvalue weighted by atomic mass is 10.1. The molecule has 2 N–H and O–H groups in total. The molecule has 30 heavy (non-hydrogen) atoms. The summed E-state index contributed by atoms with van der Waals surface area (Å²) >= 11 is 0. The molecule has 0 aliphatic carbocycles. The fraction of sp³-hybridized carbons (Fsp3) is 0.0400. The Morgan fingerprint density at radius 2 is 1.77 bits per heavy atom. The Kier molecular flexibility index (Phi) is 5.18. The standard InChI is InChI=1S/C25H20N2O3/c1-17-8-11-19(12-9-17)23-16-27(25(30)26-23)21-6-3-5-20(15-21)24(29)13-10-18-4-2-7-22(28)14-18/h2-16,28H,1H3,(H,26,30). The van der Waals surface area contributed by atoms with E-state index in [1.165, 1.54) is 10.6 Å². The van der Waals surface area contributed by atoms with Crippen LogP contribution in [0.5, 0.6) is 5.75 Å². The smallest absolute Gasteiger partial charge is 0.330 e. The van der Waals surface area contributed by atoms with Gasteiger partial charge < -0.3 is 10.1 Å². The number of imidazole rings is 1.